The Kier molecular flexibility index (Phi) is 5.05. The third kappa shape index (κ3) is 3.78. The number of hydrogen-bond acceptors (Lipinski definition) is 4. The largest absolute Gasteiger partial charge is 0.396 e. The number of nitrogens with zero attached hydrogens (tertiary/aromatic N) is 2. The van der Waals surface area contributed by atoms with Crippen molar-refractivity contribution in [3.63, 3.8) is 0 Å². The van der Waals surface area contributed by atoms with Gasteiger partial charge in [-0.2, -0.15) is 11.8 Å². The van der Waals surface area contributed by atoms with Crippen molar-refractivity contribution < 1.29 is 9.50 Å². The van der Waals surface area contributed by atoms with Gasteiger partial charge >= 0.3 is 0 Å². The number of halogens is 1. The predicted molar refractivity (Wildman–Crippen MR) is 90.5 cm³/mol. The summed E-state index contributed by atoms with van der Waals surface area (Å²) in [6, 6.07) is 10.1. The van der Waals surface area contributed by atoms with Crippen molar-refractivity contribution in [3.8, 4) is 22.5 Å². The van der Waals surface area contributed by atoms with Crippen molar-refractivity contribution in [2.75, 3.05) is 12.4 Å². The Morgan fingerprint density at radius 1 is 1.04 bits per heavy atom. The van der Waals surface area contributed by atoms with Gasteiger partial charge in [0.1, 0.15) is 11.6 Å². The van der Waals surface area contributed by atoms with Crippen LogP contribution in [-0.2, 0) is 5.75 Å². The minimum atomic E-state index is -0.270. The fourth-order valence-corrected chi connectivity index (χ4v) is 2.87. The highest BCUT2D eigenvalue weighted by Crippen LogP contribution is 2.30. The van der Waals surface area contributed by atoms with Crippen molar-refractivity contribution in [3.05, 3.63) is 60.4 Å². The van der Waals surface area contributed by atoms with Gasteiger partial charge in [0.2, 0.25) is 0 Å². The molecule has 2 heterocycles. The van der Waals surface area contributed by atoms with E-state index in [-0.39, 0.29) is 12.4 Å². The fraction of sp³-hybridized carbons (Fsp3) is 0.176. The molecule has 0 spiro atoms. The molecule has 0 saturated heterocycles. The fourth-order valence-electron chi connectivity index (χ4n) is 2.27. The van der Waals surface area contributed by atoms with Crippen LogP contribution in [0.4, 0.5) is 4.39 Å². The maximum Gasteiger partial charge on any atom is 0.123 e. The average Bonchev–Trinajstić information content (AvgIpc) is 3.01. The molecule has 118 valence electrons. The van der Waals surface area contributed by atoms with Gasteiger partial charge in [0, 0.05) is 29.3 Å². The first kappa shape index (κ1) is 15.7. The van der Waals surface area contributed by atoms with E-state index in [4.69, 9.17) is 5.11 Å². The van der Waals surface area contributed by atoms with Gasteiger partial charge in [0.15, 0.2) is 0 Å². The first-order valence-corrected chi connectivity index (χ1v) is 8.37. The van der Waals surface area contributed by atoms with Crippen LogP contribution in [0.5, 0.6) is 0 Å². The van der Waals surface area contributed by atoms with Crippen molar-refractivity contribution >= 4 is 11.8 Å². The molecule has 3 rings (SSSR count). The van der Waals surface area contributed by atoms with E-state index < -0.39 is 0 Å². The number of aromatic amines is 1. The number of aliphatic hydroxyl groups excluding tert-OH is 1. The lowest BCUT2D eigenvalue weighted by Gasteiger charge is -2.02. The van der Waals surface area contributed by atoms with Gasteiger partial charge in [-0.15, -0.1) is 0 Å². The van der Waals surface area contributed by atoms with Gasteiger partial charge in [0.05, 0.1) is 23.7 Å². The molecule has 0 fully saturated rings. The molecule has 2 N–H and O–H groups in total. The van der Waals surface area contributed by atoms with Crippen molar-refractivity contribution in [2.45, 2.75) is 5.75 Å². The maximum absolute atomic E-state index is 13.2. The third-order valence-electron chi connectivity index (χ3n) is 3.31. The van der Waals surface area contributed by atoms with Gasteiger partial charge in [-0.3, -0.25) is 4.98 Å². The summed E-state index contributed by atoms with van der Waals surface area (Å²) in [5.74, 6) is 1.90. The summed E-state index contributed by atoms with van der Waals surface area (Å²) < 4.78 is 13.2. The smallest absolute Gasteiger partial charge is 0.123 e. The molecule has 0 aliphatic rings. The minimum absolute atomic E-state index is 0.146. The van der Waals surface area contributed by atoms with E-state index in [1.54, 1.807) is 36.3 Å². The van der Waals surface area contributed by atoms with E-state index >= 15 is 0 Å². The Morgan fingerprint density at radius 2 is 1.78 bits per heavy atom. The van der Waals surface area contributed by atoms with E-state index in [0.717, 1.165) is 28.3 Å². The van der Waals surface area contributed by atoms with Gasteiger partial charge < -0.3 is 10.1 Å². The number of hydrogen-bond donors (Lipinski definition) is 2. The Labute approximate surface area is 137 Å². The number of thioether (sulfide) groups is 1. The zero-order chi connectivity index (χ0) is 16.1. The maximum atomic E-state index is 13.2. The predicted octanol–water partition coefficient (Wildman–Crippen LogP) is 3.50. The molecule has 0 radical (unpaired) electrons. The summed E-state index contributed by atoms with van der Waals surface area (Å²) in [5.41, 5.74) is 3.51. The van der Waals surface area contributed by atoms with Crippen molar-refractivity contribution in [1.82, 2.24) is 15.0 Å². The highest BCUT2D eigenvalue weighted by atomic mass is 32.2. The molecule has 4 nitrogen and oxygen atoms in total. The Hall–Kier alpha value is -2.18. The molecule has 0 amide bonds. The minimum Gasteiger partial charge on any atom is -0.396 e. The SMILES string of the molecule is OCCSCc1nc(-c2ccc(F)cc2)c(-c2ccncc2)[nH]1. The molecule has 0 unspecified atom stereocenters. The molecule has 3 aromatic rings. The van der Waals surface area contributed by atoms with Crippen LogP contribution in [0.2, 0.25) is 0 Å². The molecule has 0 bridgehead atoms. The summed E-state index contributed by atoms with van der Waals surface area (Å²) in [6.45, 7) is 0.146. The molecule has 0 atom stereocenters. The van der Waals surface area contributed by atoms with Crippen LogP contribution in [0.1, 0.15) is 5.82 Å². The quantitative estimate of drug-likeness (QED) is 0.680. The van der Waals surface area contributed by atoms with Gasteiger partial charge in [0.25, 0.3) is 0 Å². The van der Waals surface area contributed by atoms with Crippen LogP contribution in [0.25, 0.3) is 22.5 Å². The van der Waals surface area contributed by atoms with Gasteiger partial charge in [-0.05, 0) is 36.4 Å². The topological polar surface area (TPSA) is 61.8 Å². The number of H-pyrrole nitrogens is 1. The van der Waals surface area contributed by atoms with Crippen LogP contribution in [0, 0.1) is 5.82 Å². The zero-order valence-electron chi connectivity index (χ0n) is 12.4. The number of imidazole rings is 1. The molecule has 6 heteroatoms. The Bertz CT molecular complexity index is 759. The van der Waals surface area contributed by atoms with Gasteiger partial charge in [-0.25, -0.2) is 9.37 Å². The molecular weight excluding hydrogens is 313 g/mol. The summed E-state index contributed by atoms with van der Waals surface area (Å²) in [4.78, 5) is 12.0. The monoisotopic (exact) mass is 329 g/mol. The molecule has 0 aliphatic carbocycles. The molecule has 2 aromatic heterocycles. The molecule has 1 aromatic carbocycles. The highest BCUT2D eigenvalue weighted by molar-refractivity contribution is 7.98. The van der Waals surface area contributed by atoms with E-state index in [2.05, 4.69) is 15.0 Å². The lowest BCUT2D eigenvalue weighted by atomic mass is 10.1. The van der Waals surface area contributed by atoms with Crippen LogP contribution in [0.15, 0.2) is 48.8 Å². The first-order chi connectivity index (χ1) is 11.3. The van der Waals surface area contributed by atoms with E-state index in [9.17, 15) is 4.39 Å². The van der Waals surface area contributed by atoms with Crippen molar-refractivity contribution in [1.29, 1.82) is 0 Å². The second-order valence-corrected chi connectivity index (χ2v) is 6.03. The van der Waals surface area contributed by atoms with Crippen LogP contribution < -0.4 is 0 Å². The number of rotatable bonds is 6. The van der Waals surface area contributed by atoms with E-state index in [1.165, 1.54) is 12.1 Å². The van der Waals surface area contributed by atoms with Crippen LogP contribution >= 0.6 is 11.8 Å². The average molecular weight is 329 g/mol. The van der Waals surface area contributed by atoms with E-state index in [0.29, 0.717) is 11.5 Å². The first-order valence-electron chi connectivity index (χ1n) is 7.22. The third-order valence-corrected chi connectivity index (χ3v) is 4.26. The number of aliphatic hydroxyl groups is 1. The van der Waals surface area contributed by atoms with Gasteiger partial charge in [-0.1, -0.05) is 0 Å². The summed E-state index contributed by atoms with van der Waals surface area (Å²) in [7, 11) is 0. The highest BCUT2D eigenvalue weighted by Gasteiger charge is 2.14. The number of nitrogens with one attached hydrogen (secondary N) is 1. The second kappa shape index (κ2) is 7.39. The molecular formula is C17H16FN3OS. The summed E-state index contributed by atoms with van der Waals surface area (Å²) in [5, 5.41) is 8.89. The standard InChI is InChI=1S/C17H16FN3OS/c18-14-3-1-12(2-4-14)16-17(13-5-7-19-8-6-13)21-15(20-16)11-23-10-9-22/h1-8,22H,9-11H2,(H,20,21). The molecule has 0 saturated carbocycles. The lowest BCUT2D eigenvalue weighted by Crippen LogP contribution is -1.89. The van der Waals surface area contributed by atoms with Crippen LogP contribution in [-0.4, -0.2) is 32.4 Å². The number of benzene rings is 1. The zero-order valence-corrected chi connectivity index (χ0v) is 13.2. The lowest BCUT2D eigenvalue weighted by molar-refractivity contribution is 0.322. The van der Waals surface area contributed by atoms with Crippen LogP contribution in [0.3, 0.4) is 0 Å². The van der Waals surface area contributed by atoms with Crippen molar-refractivity contribution in [2.24, 2.45) is 0 Å². The number of pyridine rings is 1. The molecule has 23 heavy (non-hydrogen) atoms. The normalized spacial score (nSPS) is 10.9. The Balaban J connectivity index is 2.00. The summed E-state index contributed by atoms with van der Waals surface area (Å²) >= 11 is 1.61. The summed E-state index contributed by atoms with van der Waals surface area (Å²) in [6.07, 6.45) is 3.45. The Morgan fingerprint density at radius 3 is 2.48 bits per heavy atom. The second-order valence-electron chi connectivity index (χ2n) is 4.93. The van der Waals surface area contributed by atoms with E-state index in [1.807, 2.05) is 12.1 Å². The molecule has 0 aliphatic heterocycles. The number of aromatic nitrogens is 3.